The normalized spacial score (nSPS) is 20.4. The summed E-state index contributed by atoms with van der Waals surface area (Å²) in [6.45, 7) is 0. The van der Waals surface area contributed by atoms with Crippen LogP contribution in [0.5, 0.6) is 0 Å². The highest BCUT2D eigenvalue weighted by Crippen LogP contribution is 2.49. The number of nitriles is 1. The third kappa shape index (κ3) is 3.87. The molecule has 1 N–H and O–H groups in total. The number of benzene rings is 1. The van der Waals surface area contributed by atoms with Gasteiger partial charge in [-0.15, -0.1) is 6.42 Å². The fourth-order valence-corrected chi connectivity index (χ4v) is 5.52. The second-order valence-electron chi connectivity index (χ2n) is 8.61. The number of nitrogens with zero attached hydrogens (tertiary/aromatic N) is 4. The van der Waals surface area contributed by atoms with Crippen molar-refractivity contribution in [3.8, 4) is 29.5 Å². The number of halogens is 3. The number of aromatic nitrogens is 2. The summed E-state index contributed by atoms with van der Waals surface area (Å²) < 4.78 is 15.0. The van der Waals surface area contributed by atoms with Gasteiger partial charge in [-0.1, -0.05) is 29.1 Å². The zero-order valence-corrected chi connectivity index (χ0v) is 19.9. The highest BCUT2D eigenvalue weighted by atomic mass is 35.5. The SMILES string of the molecule is C#Cc1cnccc1-c1cc(Cl)c(C(=O)Nc2cnc(N3C4CCC3(C#N)CC4)c(Cl)c2)cc1F. The molecular formula is C26H18Cl2FN5O. The predicted octanol–water partition coefficient (Wildman–Crippen LogP) is 5.85. The number of pyridine rings is 2. The van der Waals surface area contributed by atoms with E-state index in [-0.39, 0.29) is 22.2 Å². The van der Waals surface area contributed by atoms with E-state index < -0.39 is 17.3 Å². The monoisotopic (exact) mass is 505 g/mol. The third-order valence-electron chi connectivity index (χ3n) is 6.69. The molecule has 6 nitrogen and oxygen atoms in total. The van der Waals surface area contributed by atoms with Gasteiger partial charge in [-0.2, -0.15) is 5.26 Å². The van der Waals surface area contributed by atoms with E-state index >= 15 is 0 Å². The van der Waals surface area contributed by atoms with Crippen LogP contribution >= 0.6 is 23.2 Å². The van der Waals surface area contributed by atoms with Gasteiger partial charge in [-0.05, 0) is 49.9 Å². The van der Waals surface area contributed by atoms with Gasteiger partial charge in [0.2, 0.25) is 0 Å². The van der Waals surface area contributed by atoms with Crippen LogP contribution in [0.15, 0.2) is 42.9 Å². The lowest BCUT2D eigenvalue weighted by atomic mass is 9.89. The van der Waals surface area contributed by atoms with E-state index in [1.165, 1.54) is 24.7 Å². The number of fused-ring (bicyclic) bond motifs is 2. The molecule has 2 aromatic heterocycles. The molecule has 9 heteroatoms. The van der Waals surface area contributed by atoms with Gasteiger partial charge in [0.25, 0.3) is 5.91 Å². The number of carbonyl (C=O) groups excluding carboxylic acids is 1. The van der Waals surface area contributed by atoms with Crippen molar-refractivity contribution in [2.45, 2.75) is 37.3 Å². The fraction of sp³-hybridized carbons (Fsp3) is 0.231. The summed E-state index contributed by atoms with van der Waals surface area (Å²) in [7, 11) is 0. The van der Waals surface area contributed by atoms with Crippen LogP contribution in [0.25, 0.3) is 11.1 Å². The van der Waals surface area contributed by atoms with Gasteiger partial charge in [0.1, 0.15) is 17.2 Å². The van der Waals surface area contributed by atoms with Crippen molar-refractivity contribution in [1.82, 2.24) is 9.97 Å². The molecule has 174 valence electrons. The second kappa shape index (κ2) is 8.85. The van der Waals surface area contributed by atoms with Gasteiger partial charge >= 0.3 is 0 Å². The molecule has 2 fully saturated rings. The van der Waals surface area contributed by atoms with Crippen molar-refractivity contribution in [2.24, 2.45) is 0 Å². The highest BCUT2D eigenvalue weighted by molar-refractivity contribution is 6.35. The van der Waals surface area contributed by atoms with E-state index in [4.69, 9.17) is 29.6 Å². The topological polar surface area (TPSA) is 81.9 Å². The first kappa shape index (κ1) is 23.1. The molecule has 0 spiro atoms. The smallest absolute Gasteiger partial charge is 0.257 e. The van der Waals surface area contributed by atoms with E-state index in [2.05, 4.69) is 27.3 Å². The molecule has 2 aliphatic rings. The van der Waals surface area contributed by atoms with Crippen molar-refractivity contribution in [3.63, 3.8) is 0 Å². The number of anilines is 2. The second-order valence-corrected chi connectivity index (χ2v) is 9.42. The Labute approximate surface area is 211 Å². The predicted molar refractivity (Wildman–Crippen MR) is 133 cm³/mol. The van der Waals surface area contributed by atoms with Crippen molar-refractivity contribution in [1.29, 1.82) is 5.26 Å². The Bertz CT molecular complexity index is 1440. The van der Waals surface area contributed by atoms with Gasteiger partial charge in [-0.3, -0.25) is 9.78 Å². The zero-order chi connectivity index (χ0) is 24.7. The number of hydrogen-bond donors (Lipinski definition) is 1. The summed E-state index contributed by atoms with van der Waals surface area (Å²) in [6.07, 6.45) is 13.3. The van der Waals surface area contributed by atoms with Crippen molar-refractivity contribution in [2.75, 3.05) is 10.2 Å². The zero-order valence-electron chi connectivity index (χ0n) is 18.4. The van der Waals surface area contributed by atoms with Crippen LogP contribution in [0.4, 0.5) is 15.9 Å². The minimum atomic E-state index is -0.653. The van der Waals surface area contributed by atoms with Crippen LogP contribution in [0.2, 0.25) is 10.0 Å². The standard InChI is InChI=1S/C26H18Cl2FN5O/c1-2-15-12-31-8-5-18(15)19-10-21(27)20(11-23(19)29)25(35)33-16-9-22(28)24(32-13-16)34-17-3-6-26(34,14-30)7-4-17/h1,5,8-13,17H,3-4,6-7H2,(H,33,35). The summed E-state index contributed by atoms with van der Waals surface area (Å²) in [6, 6.07) is 8.25. The van der Waals surface area contributed by atoms with Crippen LogP contribution in [-0.4, -0.2) is 27.5 Å². The molecule has 2 aliphatic heterocycles. The van der Waals surface area contributed by atoms with Gasteiger partial charge in [0, 0.05) is 29.6 Å². The average Bonchev–Trinajstić information content (AvgIpc) is 3.41. The van der Waals surface area contributed by atoms with Crippen molar-refractivity contribution < 1.29 is 9.18 Å². The van der Waals surface area contributed by atoms with Crippen LogP contribution in [0, 0.1) is 29.5 Å². The van der Waals surface area contributed by atoms with Gasteiger partial charge in [-0.25, -0.2) is 9.37 Å². The lowest BCUT2D eigenvalue weighted by molar-refractivity contribution is 0.102. The van der Waals surface area contributed by atoms with Crippen LogP contribution in [0.1, 0.15) is 41.6 Å². The molecule has 0 radical (unpaired) electrons. The highest BCUT2D eigenvalue weighted by Gasteiger charge is 2.53. The number of rotatable bonds is 4. The fourth-order valence-electron chi connectivity index (χ4n) is 5.02. The Balaban J connectivity index is 1.40. The molecule has 35 heavy (non-hydrogen) atoms. The average molecular weight is 506 g/mol. The molecule has 0 unspecified atom stereocenters. The molecule has 1 amide bonds. The first-order valence-electron chi connectivity index (χ1n) is 10.9. The van der Waals surface area contributed by atoms with Gasteiger partial charge < -0.3 is 10.2 Å². The maximum atomic E-state index is 15.0. The van der Waals surface area contributed by atoms with E-state index in [0.717, 1.165) is 31.7 Å². The maximum Gasteiger partial charge on any atom is 0.257 e. The quantitative estimate of drug-likeness (QED) is 0.449. The summed E-state index contributed by atoms with van der Waals surface area (Å²) in [5, 5.41) is 12.8. The summed E-state index contributed by atoms with van der Waals surface area (Å²) in [5.74, 6) is 1.72. The molecule has 5 rings (SSSR count). The number of carbonyl (C=O) groups is 1. The first-order chi connectivity index (χ1) is 16.9. The molecule has 2 saturated heterocycles. The van der Waals surface area contributed by atoms with Crippen LogP contribution in [0.3, 0.4) is 0 Å². The van der Waals surface area contributed by atoms with E-state index in [0.29, 0.717) is 27.7 Å². The van der Waals surface area contributed by atoms with E-state index in [1.807, 2.05) is 4.90 Å². The van der Waals surface area contributed by atoms with Gasteiger partial charge in [0.05, 0.1) is 39.1 Å². The Morgan fingerprint density at radius 3 is 2.66 bits per heavy atom. The largest absolute Gasteiger partial charge is 0.334 e. The lowest BCUT2D eigenvalue weighted by Gasteiger charge is -2.30. The Morgan fingerprint density at radius 2 is 1.97 bits per heavy atom. The molecule has 1 aromatic carbocycles. The lowest BCUT2D eigenvalue weighted by Crippen LogP contribution is -2.40. The molecule has 2 bridgehead atoms. The number of hydrogen-bond acceptors (Lipinski definition) is 5. The Morgan fingerprint density at radius 1 is 1.20 bits per heavy atom. The summed E-state index contributed by atoms with van der Waals surface area (Å²) in [5.41, 5.74) is 0.725. The number of terminal acetylenes is 1. The molecular weight excluding hydrogens is 488 g/mol. The summed E-state index contributed by atoms with van der Waals surface area (Å²) >= 11 is 12.9. The number of nitrogens with one attached hydrogen (secondary N) is 1. The Kier molecular flexibility index (Phi) is 5.84. The minimum absolute atomic E-state index is 0.0505. The molecule has 3 aromatic rings. The molecule has 4 heterocycles. The minimum Gasteiger partial charge on any atom is -0.334 e. The van der Waals surface area contributed by atoms with E-state index in [1.54, 1.807) is 12.1 Å². The molecule has 0 atom stereocenters. The van der Waals surface area contributed by atoms with Crippen molar-refractivity contribution in [3.05, 3.63) is 69.8 Å². The maximum absolute atomic E-state index is 15.0. The third-order valence-corrected chi connectivity index (χ3v) is 7.28. The van der Waals surface area contributed by atoms with Crippen LogP contribution < -0.4 is 10.2 Å². The van der Waals surface area contributed by atoms with Gasteiger partial charge in [0.15, 0.2) is 0 Å². The first-order valence-corrected chi connectivity index (χ1v) is 11.7. The molecule has 0 aliphatic carbocycles. The number of amides is 1. The molecule has 0 saturated carbocycles. The van der Waals surface area contributed by atoms with Crippen LogP contribution in [-0.2, 0) is 0 Å². The van der Waals surface area contributed by atoms with E-state index in [9.17, 15) is 14.4 Å². The Hall–Kier alpha value is -3.65. The van der Waals surface area contributed by atoms with Crippen molar-refractivity contribution >= 4 is 40.6 Å². The summed E-state index contributed by atoms with van der Waals surface area (Å²) in [4.78, 5) is 23.3.